The minimum absolute atomic E-state index is 0.188. The van der Waals surface area contributed by atoms with Crippen LogP contribution >= 0.6 is 0 Å². The zero-order chi connectivity index (χ0) is 18.6. The fourth-order valence-electron chi connectivity index (χ4n) is 3.67. The number of pyridine rings is 1. The number of aryl methyl sites for hydroxylation is 1. The Balaban J connectivity index is 1.39. The monoisotopic (exact) mass is 372 g/mol. The van der Waals surface area contributed by atoms with E-state index in [1.54, 1.807) is 12.3 Å². The van der Waals surface area contributed by atoms with E-state index < -0.39 is 0 Å². The molecule has 4 heterocycles. The number of aliphatic imine (C=N–C) groups is 1. The quantitative estimate of drug-likeness (QED) is 0.604. The van der Waals surface area contributed by atoms with Crippen LogP contribution in [0.3, 0.4) is 0 Å². The van der Waals surface area contributed by atoms with Gasteiger partial charge in [-0.15, -0.1) is 10.2 Å². The van der Waals surface area contributed by atoms with E-state index in [2.05, 4.69) is 35.4 Å². The van der Waals surface area contributed by atoms with Crippen molar-refractivity contribution >= 4 is 11.8 Å². The van der Waals surface area contributed by atoms with Crippen molar-refractivity contribution < 1.29 is 4.39 Å². The summed E-state index contributed by atoms with van der Waals surface area (Å²) in [6, 6.07) is 3.25. The lowest BCUT2D eigenvalue weighted by atomic mass is 10.3. The fraction of sp³-hybridized carbons (Fsp3) is 0.556. The molecule has 1 fully saturated rings. The van der Waals surface area contributed by atoms with Gasteiger partial charge in [0.2, 0.25) is 0 Å². The van der Waals surface area contributed by atoms with E-state index in [1.165, 1.54) is 6.07 Å². The molecule has 9 heteroatoms. The van der Waals surface area contributed by atoms with Crippen LogP contribution in [-0.4, -0.2) is 51.4 Å². The summed E-state index contributed by atoms with van der Waals surface area (Å²) in [4.78, 5) is 10.8. The summed E-state index contributed by atoms with van der Waals surface area (Å²) in [5.74, 6) is 2.86. The predicted octanol–water partition coefficient (Wildman–Crippen LogP) is 1.09. The number of fused-ring (bicyclic) bond motifs is 1. The van der Waals surface area contributed by atoms with Crippen LogP contribution in [0.25, 0.3) is 0 Å². The molecule has 1 atom stereocenters. The highest BCUT2D eigenvalue weighted by atomic mass is 19.1. The Kier molecular flexibility index (Phi) is 5.17. The van der Waals surface area contributed by atoms with Crippen molar-refractivity contribution in [2.45, 2.75) is 45.3 Å². The second kappa shape index (κ2) is 7.89. The molecule has 1 unspecified atom stereocenters. The summed E-state index contributed by atoms with van der Waals surface area (Å²) in [5.41, 5.74) is 0. The molecule has 0 amide bonds. The molecular weight excluding hydrogens is 347 g/mol. The number of guanidine groups is 1. The van der Waals surface area contributed by atoms with E-state index in [0.717, 1.165) is 56.5 Å². The maximum Gasteiger partial charge on any atom is 0.191 e. The van der Waals surface area contributed by atoms with Crippen LogP contribution < -0.4 is 15.5 Å². The van der Waals surface area contributed by atoms with Gasteiger partial charge in [-0.3, -0.25) is 0 Å². The Bertz CT molecular complexity index is 817. The van der Waals surface area contributed by atoms with E-state index in [-0.39, 0.29) is 11.9 Å². The smallest absolute Gasteiger partial charge is 0.191 e. The molecule has 2 aliphatic heterocycles. The number of hydrogen-bond donors (Lipinski definition) is 2. The van der Waals surface area contributed by atoms with Crippen LogP contribution in [-0.2, 0) is 19.5 Å². The Hall–Kier alpha value is -2.71. The molecule has 0 saturated carbocycles. The number of aromatic nitrogens is 4. The van der Waals surface area contributed by atoms with Crippen molar-refractivity contribution in [3.8, 4) is 0 Å². The van der Waals surface area contributed by atoms with E-state index in [0.29, 0.717) is 18.9 Å². The molecule has 144 valence electrons. The molecule has 2 N–H and O–H groups in total. The van der Waals surface area contributed by atoms with Crippen LogP contribution in [0.5, 0.6) is 0 Å². The van der Waals surface area contributed by atoms with Gasteiger partial charge in [0.1, 0.15) is 12.4 Å². The molecule has 2 aromatic rings. The molecule has 0 aromatic carbocycles. The van der Waals surface area contributed by atoms with Gasteiger partial charge in [-0.1, -0.05) is 0 Å². The molecule has 1 saturated heterocycles. The summed E-state index contributed by atoms with van der Waals surface area (Å²) in [6.07, 6.45) is 4.65. The lowest BCUT2D eigenvalue weighted by molar-refractivity contribution is 0.612. The third kappa shape index (κ3) is 3.86. The topological polar surface area (TPSA) is 83.3 Å². The fourth-order valence-corrected chi connectivity index (χ4v) is 3.67. The van der Waals surface area contributed by atoms with Crippen LogP contribution in [0.2, 0.25) is 0 Å². The van der Waals surface area contributed by atoms with Crippen molar-refractivity contribution in [1.82, 2.24) is 30.4 Å². The zero-order valence-corrected chi connectivity index (χ0v) is 15.5. The number of nitrogens with one attached hydrogen (secondary N) is 2. The number of hydrogen-bond acceptors (Lipinski definition) is 5. The predicted molar refractivity (Wildman–Crippen MR) is 101 cm³/mol. The first kappa shape index (κ1) is 17.7. The minimum Gasteiger partial charge on any atom is -0.357 e. The zero-order valence-electron chi connectivity index (χ0n) is 15.5. The van der Waals surface area contributed by atoms with Gasteiger partial charge in [0, 0.05) is 44.8 Å². The molecule has 0 spiro atoms. The molecular formula is C18H25FN8. The summed E-state index contributed by atoms with van der Waals surface area (Å²) >= 11 is 0. The van der Waals surface area contributed by atoms with E-state index >= 15 is 0 Å². The molecule has 8 nitrogen and oxygen atoms in total. The van der Waals surface area contributed by atoms with Gasteiger partial charge in [0.05, 0.1) is 0 Å². The van der Waals surface area contributed by atoms with E-state index in [1.807, 2.05) is 11.8 Å². The van der Waals surface area contributed by atoms with E-state index in [9.17, 15) is 4.39 Å². The third-order valence-electron chi connectivity index (χ3n) is 4.98. The minimum atomic E-state index is -0.278. The van der Waals surface area contributed by atoms with E-state index in [4.69, 9.17) is 0 Å². The molecule has 0 bridgehead atoms. The van der Waals surface area contributed by atoms with Gasteiger partial charge >= 0.3 is 0 Å². The Morgan fingerprint density at radius 3 is 3.15 bits per heavy atom. The van der Waals surface area contributed by atoms with Crippen LogP contribution in [0.4, 0.5) is 10.2 Å². The molecule has 0 radical (unpaired) electrons. The Morgan fingerprint density at radius 1 is 1.37 bits per heavy atom. The largest absolute Gasteiger partial charge is 0.357 e. The first-order valence-electron chi connectivity index (χ1n) is 9.56. The molecule has 2 aliphatic rings. The average Bonchev–Trinajstić information content (AvgIpc) is 3.38. The van der Waals surface area contributed by atoms with Crippen molar-refractivity contribution in [2.75, 3.05) is 24.5 Å². The summed E-state index contributed by atoms with van der Waals surface area (Å²) in [6.45, 7) is 5.74. The molecule has 27 heavy (non-hydrogen) atoms. The van der Waals surface area contributed by atoms with Crippen molar-refractivity contribution in [3.63, 3.8) is 0 Å². The molecule has 4 rings (SSSR count). The van der Waals surface area contributed by atoms with Gasteiger partial charge in [0.25, 0.3) is 0 Å². The highest BCUT2D eigenvalue weighted by Crippen LogP contribution is 2.20. The number of anilines is 1. The summed E-state index contributed by atoms with van der Waals surface area (Å²) in [7, 11) is 0. The maximum absolute atomic E-state index is 14.0. The van der Waals surface area contributed by atoms with Crippen molar-refractivity contribution in [1.29, 1.82) is 0 Å². The van der Waals surface area contributed by atoms with Crippen molar-refractivity contribution in [3.05, 3.63) is 35.8 Å². The summed E-state index contributed by atoms with van der Waals surface area (Å²) < 4.78 is 16.1. The SMILES string of the molecule is CCNC(=NCc1nnc2n1CCC2)NC1CCN(c2ncccc2F)C1. The Morgan fingerprint density at radius 2 is 2.30 bits per heavy atom. The maximum atomic E-state index is 14.0. The average molecular weight is 372 g/mol. The normalized spacial score (nSPS) is 19.4. The van der Waals surface area contributed by atoms with Crippen LogP contribution in [0, 0.1) is 5.82 Å². The van der Waals surface area contributed by atoms with Gasteiger partial charge in [-0.2, -0.15) is 0 Å². The van der Waals surface area contributed by atoms with Crippen molar-refractivity contribution in [2.24, 2.45) is 4.99 Å². The van der Waals surface area contributed by atoms with Crippen LogP contribution in [0.1, 0.15) is 31.4 Å². The molecule has 2 aromatic heterocycles. The Labute approximate surface area is 157 Å². The van der Waals surface area contributed by atoms with Crippen LogP contribution in [0.15, 0.2) is 23.3 Å². The number of rotatable bonds is 5. The highest BCUT2D eigenvalue weighted by Gasteiger charge is 2.26. The third-order valence-corrected chi connectivity index (χ3v) is 4.98. The first-order valence-corrected chi connectivity index (χ1v) is 9.56. The second-order valence-electron chi connectivity index (χ2n) is 6.87. The highest BCUT2D eigenvalue weighted by molar-refractivity contribution is 5.80. The summed E-state index contributed by atoms with van der Waals surface area (Å²) in [5, 5.41) is 15.2. The van der Waals surface area contributed by atoms with Gasteiger partial charge in [-0.05, 0) is 31.9 Å². The number of nitrogens with zero attached hydrogens (tertiary/aromatic N) is 6. The van der Waals surface area contributed by atoms with Gasteiger partial charge in [-0.25, -0.2) is 14.4 Å². The standard InChI is InChI=1S/C18H25FN8/c1-2-20-18(22-11-16-25-24-15-6-4-9-27(15)16)23-13-7-10-26(12-13)17-14(19)5-3-8-21-17/h3,5,8,13H,2,4,6-7,9-12H2,1H3,(H2,20,22,23). The second-order valence-corrected chi connectivity index (χ2v) is 6.87. The lowest BCUT2D eigenvalue weighted by Gasteiger charge is -2.19. The lowest BCUT2D eigenvalue weighted by Crippen LogP contribution is -2.44. The van der Waals surface area contributed by atoms with Gasteiger partial charge in [0.15, 0.2) is 23.4 Å². The number of halogens is 1. The van der Waals surface area contributed by atoms with Gasteiger partial charge < -0.3 is 20.1 Å². The first-order chi connectivity index (χ1) is 13.2. The molecule has 0 aliphatic carbocycles.